The van der Waals surface area contributed by atoms with E-state index in [4.69, 9.17) is 14.2 Å². The van der Waals surface area contributed by atoms with E-state index < -0.39 is 17.9 Å². The lowest BCUT2D eigenvalue weighted by Crippen LogP contribution is -2.39. The lowest BCUT2D eigenvalue weighted by molar-refractivity contribution is -0.0502. The fourth-order valence-electron chi connectivity index (χ4n) is 3.69. The number of nitrogens with one attached hydrogen (secondary N) is 1. The summed E-state index contributed by atoms with van der Waals surface area (Å²) in [6.45, 7) is 1.92. The van der Waals surface area contributed by atoms with Gasteiger partial charge in [0.15, 0.2) is 0 Å². The van der Waals surface area contributed by atoms with Gasteiger partial charge in [0, 0.05) is 24.2 Å². The standard InChI is InChI=1S/C24H24F2N4O4/c1-24(2,13-27)16-4-5-30-17(10-28-20(30)8-16)15-6-18(32-3)21(19(7-15)34-23(25)26)22(31)29-9-14-11-33-12-14/h4-8,10,14,23H,9,11-12H2,1-3H3,(H,29,31). The third-order valence-electron chi connectivity index (χ3n) is 5.80. The number of methoxy groups -OCH3 is 1. The molecule has 1 saturated heterocycles. The molecule has 0 spiro atoms. The maximum absolute atomic E-state index is 13.2. The molecule has 34 heavy (non-hydrogen) atoms. The number of nitriles is 1. The van der Waals surface area contributed by atoms with Gasteiger partial charge in [0.1, 0.15) is 22.7 Å². The Bertz CT molecular complexity index is 1260. The number of carbonyl (C=O) groups is 1. The second-order valence-electron chi connectivity index (χ2n) is 8.57. The fourth-order valence-corrected chi connectivity index (χ4v) is 3.69. The summed E-state index contributed by atoms with van der Waals surface area (Å²) >= 11 is 0. The molecule has 1 fully saturated rings. The number of ether oxygens (including phenoxy) is 3. The van der Waals surface area contributed by atoms with Gasteiger partial charge in [0.2, 0.25) is 0 Å². The molecular formula is C24H24F2N4O4. The molecule has 4 rings (SSSR count). The first kappa shape index (κ1) is 23.4. The Balaban J connectivity index is 1.75. The van der Waals surface area contributed by atoms with E-state index in [0.717, 1.165) is 5.56 Å². The molecule has 1 amide bonds. The fraction of sp³-hybridized carbons (Fsp3) is 0.375. The van der Waals surface area contributed by atoms with Crippen molar-refractivity contribution < 1.29 is 27.8 Å². The van der Waals surface area contributed by atoms with Crippen molar-refractivity contribution in [1.29, 1.82) is 5.26 Å². The second kappa shape index (κ2) is 9.27. The molecule has 178 valence electrons. The first-order chi connectivity index (χ1) is 16.2. The van der Waals surface area contributed by atoms with Crippen molar-refractivity contribution in [2.24, 2.45) is 5.92 Å². The van der Waals surface area contributed by atoms with Crippen molar-refractivity contribution in [1.82, 2.24) is 14.7 Å². The van der Waals surface area contributed by atoms with Gasteiger partial charge in [-0.05, 0) is 43.7 Å². The van der Waals surface area contributed by atoms with Crippen molar-refractivity contribution >= 4 is 11.6 Å². The van der Waals surface area contributed by atoms with E-state index in [1.54, 1.807) is 35.0 Å². The highest BCUT2D eigenvalue weighted by atomic mass is 19.3. The van der Waals surface area contributed by atoms with Gasteiger partial charge in [-0.1, -0.05) is 0 Å². The average Bonchev–Trinajstić information content (AvgIpc) is 3.20. The third kappa shape index (κ3) is 4.52. The summed E-state index contributed by atoms with van der Waals surface area (Å²) in [6, 6.07) is 8.81. The van der Waals surface area contributed by atoms with Crippen LogP contribution in [0.15, 0.2) is 36.7 Å². The number of benzene rings is 1. The lowest BCUT2D eigenvalue weighted by atomic mass is 9.87. The van der Waals surface area contributed by atoms with Gasteiger partial charge >= 0.3 is 6.61 Å². The van der Waals surface area contributed by atoms with Crippen LogP contribution in [-0.2, 0) is 10.2 Å². The number of halogens is 2. The van der Waals surface area contributed by atoms with E-state index >= 15 is 0 Å². The molecule has 8 nitrogen and oxygen atoms in total. The summed E-state index contributed by atoms with van der Waals surface area (Å²) in [7, 11) is 1.35. The number of nitrogens with zero attached hydrogens (tertiary/aromatic N) is 3. The molecule has 0 bridgehead atoms. The Hall–Kier alpha value is -3.71. The van der Waals surface area contributed by atoms with Crippen LogP contribution in [0.3, 0.4) is 0 Å². The second-order valence-corrected chi connectivity index (χ2v) is 8.57. The number of imidazole rings is 1. The predicted molar refractivity (Wildman–Crippen MR) is 119 cm³/mol. The summed E-state index contributed by atoms with van der Waals surface area (Å²) in [5, 5.41) is 12.1. The molecule has 1 N–H and O–H groups in total. The topological polar surface area (TPSA) is 97.9 Å². The number of hydrogen-bond acceptors (Lipinski definition) is 6. The normalized spacial score (nSPS) is 14.0. The summed E-state index contributed by atoms with van der Waals surface area (Å²) in [4.78, 5) is 17.2. The minimum Gasteiger partial charge on any atom is -0.496 e. The van der Waals surface area contributed by atoms with Gasteiger partial charge in [-0.15, -0.1) is 0 Å². The van der Waals surface area contributed by atoms with Gasteiger partial charge in [0.25, 0.3) is 5.91 Å². The molecule has 0 radical (unpaired) electrons. The first-order valence-electron chi connectivity index (χ1n) is 10.7. The summed E-state index contributed by atoms with van der Waals surface area (Å²) < 4.78 is 43.4. The Kier molecular flexibility index (Phi) is 6.39. The van der Waals surface area contributed by atoms with Crippen LogP contribution in [0.25, 0.3) is 16.9 Å². The van der Waals surface area contributed by atoms with Crippen LogP contribution in [0.5, 0.6) is 11.5 Å². The van der Waals surface area contributed by atoms with Gasteiger partial charge in [-0.3, -0.25) is 9.20 Å². The van der Waals surface area contributed by atoms with Gasteiger partial charge in [-0.25, -0.2) is 4.98 Å². The molecule has 0 unspecified atom stereocenters. The maximum atomic E-state index is 13.2. The molecule has 10 heteroatoms. The zero-order valence-electron chi connectivity index (χ0n) is 19.0. The Morgan fingerprint density at radius 3 is 2.71 bits per heavy atom. The van der Waals surface area contributed by atoms with Crippen molar-refractivity contribution in [2.45, 2.75) is 25.9 Å². The number of amides is 1. The number of fused-ring (bicyclic) bond motifs is 1. The van der Waals surface area contributed by atoms with Crippen LogP contribution >= 0.6 is 0 Å². The van der Waals surface area contributed by atoms with Gasteiger partial charge < -0.3 is 19.5 Å². The van der Waals surface area contributed by atoms with Crippen LogP contribution in [-0.4, -0.2) is 48.8 Å². The minimum atomic E-state index is -3.13. The number of carbonyl (C=O) groups excluding carboxylic acids is 1. The van der Waals surface area contributed by atoms with E-state index in [9.17, 15) is 18.8 Å². The van der Waals surface area contributed by atoms with Crippen LogP contribution in [0.2, 0.25) is 0 Å². The molecule has 3 heterocycles. The first-order valence-corrected chi connectivity index (χ1v) is 10.7. The molecule has 1 aromatic carbocycles. The number of aromatic nitrogens is 2. The summed E-state index contributed by atoms with van der Waals surface area (Å²) in [6.07, 6.45) is 3.34. The molecule has 0 saturated carbocycles. The van der Waals surface area contributed by atoms with Crippen molar-refractivity contribution in [3.05, 3.63) is 47.8 Å². The van der Waals surface area contributed by atoms with Crippen molar-refractivity contribution in [2.75, 3.05) is 26.9 Å². The smallest absolute Gasteiger partial charge is 0.387 e. The highest BCUT2D eigenvalue weighted by Gasteiger charge is 2.26. The molecular weight excluding hydrogens is 446 g/mol. The minimum absolute atomic E-state index is 0.0905. The average molecular weight is 470 g/mol. The lowest BCUT2D eigenvalue weighted by Gasteiger charge is -2.26. The van der Waals surface area contributed by atoms with Gasteiger partial charge in [0.05, 0.1) is 43.7 Å². The van der Waals surface area contributed by atoms with Crippen LogP contribution < -0.4 is 14.8 Å². The summed E-state index contributed by atoms with van der Waals surface area (Å²) in [5.41, 5.74) is 1.61. The number of rotatable bonds is 8. The zero-order chi connectivity index (χ0) is 24.5. The Morgan fingerprint density at radius 1 is 1.35 bits per heavy atom. The van der Waals surface area contributed by atoms with E-state index in [1.807, 2.05) is 13.8 Å². The molecule has 0 aliphatic carbocycles. The number of alkyl halides is 2. The van der Waals surface area contributed by atoms with Gasteiger partial charge in [-0.2, -0.15) is 14.0 Å². The Labute approximate surface area is 195 Å². The highest BCUT2D eigenvalue weighted by molar-refractivity contribution is 6.00. The monoisotopic (exact) mass is 470 g/mol. The summed E-state index contributed by atoms with van der Waals surface area (Å²) in [5.74, 6) is -0.605. The van der Waals surface area contributed by atoms with E-state index in [0.29, 0.717) is 36.7 Å². The zero-order valence-corrected chi connectivity index (χ0v) is 19.0. The SMILES string of the molecule is COc1cc(-c2cnc3cc(C(C)(C)C#N)ccn23)cc(OC(F)F)c1C(=O)NCC1COC1. The molecule has 2 aromatic heterocycles. The molecule has 1 aliphatic rings. The maximum Gasteiger partial charge on any atom is 0.387 e. The number of hydrogen-bond donors (Lipinski definition) is 1. The van der Waals surface area contributed by atoms with E-state index in [-0.39, 0.29) is 23.0 Å². The highest BCUT2D eigenvalue weighted by Crippen LogP contribution is 2.37. The van der Waals surface area contributed by atoms with E-state index in [2.05, 4.69) is 16.4 Å². The van der Waals surface area contributed by atoms with Crippen LogP contribution in [0.4, 0.5) is 8.78 Å². The molecule has 1 aliphatic heterocycles. The Morgan fingerprint density at radius 2 is 2.09 bits per heavy atom. The van der Waals surface area contributed by atoms with Crippen LogP contribution in [0, 0.1) is 17.2 Å². The van der Waals surface area contributed by atoms with Crippen LogP contribution in [0.1, 0.15) is 29.8 Å². The largest absolute Gasteiger partial charge is 0.496 e. The van der Waals surface area contributed by atoms with Crippen molar-refractivity contribution in [3.63, 3.8) is 0 Å². The van der Waals surface area contributed by atoms with Crippen molar-refractivity contribution in [3.8, 4) is 28.8 Å². The van der Waals surface area contributed by atoms with E-state index in [1.165, 1.54) is 13.2 Å². The third-order valence-corrected chi connectivity index (χ3v) is 5.80. The number of pyridine rings is 1. The quantitative estimate of drug-likeness (QED) is 0.538. The predicted octanol–water partition coefficient (Wildman–Crippen LogP) is 3.79. The molecule has 3 aromatic rings. The molecule has 0 atom stereocenters.